The lowest BCUT2D eigenvalue weighted by Gasteiger charge is -2.04. The molecule has 0 N–H and O–H groups in total. The molecule has 0 unspecified atom stereocenters. The Balaban J connectivity index is 1.81. The van der Waals surface area contributed by atoms with Crippen LogP contribution in [0.25, 0.3) is 21.9 Å². The summed E-state index contributed by atoms with van der Waals surface area (Å²) in [4.78, 5) is 13.0. The standard InChI is InChI=1S/C22H16ClN3O/c1-24-21(26-22(25-14-23)15-7-3-2-4-8-15)16-11-12-18-17-9-5-6-10-19(17)27-20(18)13-16/h2-13H,1,14H2/b25-22-,26-21-. The van der Waals surface area contributed by atoms with Crippen molar-refractivity contribution in [2.24, 2.45) is 15.0 Å². The van der Waals surface area contributed by atoms with E-state index in [4.69, 9.17) is 16.0 Å². The number of rotatable bonds is 3. The molecular weight excluding hydrogens is 358 g/mol. The molecule has 0 atom stereocenters. The molecule has 0 amide bonds. The third-order valence-corrected chi connectivity index (χ3v) is 4.36. The number of nitrogens with zero attached hydrogens (tertiary/aromatic N) is 3. The molecule has 1 aromatic heterocycles. The molecule has 0 saturated heterocycles. The monoisotopic (exact) mass is 373 g/mol. The van der Waals surface area contributed by atoms with Gasteiger partial charge in [-0.05, 0) is 24.9 Å². The molecule has 0 bridgehead atoms. The van der Waals surface area contributed by atoms with Crippen LogP contribution in [0.15, 0.2) is 92.2 Å². The maximum atomic E-state index is 5.96. The Morgan fingerprint density at radius 2 is 1.56 bits per heavy atom. The summed E-state index contributed by atoms with van der Waals surface area (Å²) in [5.74, 6) is 0.975. The van der Waals surface area contributed by atoms with Gasteiger partial charge >= 0.3 is 0 Å². The highest BCUT2D eigenvalue weighted by molar-refractivity contribution is 6.19. The fourth-order valence-electron chi connectivity index (χ4n) is 2.99. The van der Waals surface area contributed by atoms with Crippen LogP contribution in [0, 0.1) is 0 Å². The van der Waals surface area contributed by atoms with E-state index in [2.05, 4.69) is 21.7 Å². The summed E-state index contributed by atoms with van der Waals surface area (Å²) in [5, 5.41) is 2.13. The van der Waals surface area contributed by atoms with Crippen molar-refractivity contribution in [1.82, 2.24) is 0 Å². The van der Waals surface area contributed by atoms with E-state index in [1.54, 1.807) is 0 Å². The molecule has 0 aliphatic carbocycles. The number of hydrogen-bond donors (Lipinski definition) is 0. The van der Waals surface area contributed by atoms with Crippen LogP contribution in [0.5, 0.6) is 0 Å². The van der Waals surface area contributed by atoms with E-state index in [1.165, 1.54) is 0 Å². The van der Waals surface area contributed by atoms with Crippen molar-refractivity contribution in [3.05, 3.63) is 83.9 Å². The highest BCUT2D eigenvalue weighted by atomic mass is 35.5. The number of alkyl halides is 1. The number of fused-ring (bicyclic) bond motifs is 3. The van der Waals surface area contributed by atoms with Gasteiger partial charge < -0.3 is 4.42 Å². The van der Waals surface area contributed by atoms with E-state index in [1.807, 2.05) is 72.8 Å². The van der Waals surface area contributed by atoms with Gasteiger partial charge in [-0.1, -0.05) is 54.6 Å². The number of hydrogen-bond acceptors (Lipinski definition) is 2. The lowest BCUT2D eigenvalue weighted by atomic mass is 10.1. The Hall–Kier alpha value is -3.24. The number of benzene rings is 3. The molecule has 0 fully saturated rings. The van der Waals surface area contributed by atoms with Crippen LogP contribution in [0.3, 0.4) is 0 Å². The number of furan rings is 1. The van der Waals surface area contributed by atoms with Gasteiger partial charge in [0.15, 0.2) is 11.7 Å². The molecule has 0 aliphatic heterocycles. The smallest absolute Gasteiger partial charge is 0.161 e. The van der Waals surface area contributed by atoms with Crippen molar-refractivity contribution in [3.63, 3.8) is 0 Å². The maximum absolute atomic E-state index is 5.96. The van der Waals surface area contributed by atoms with Crippen LogP contribution in [0.4, 0.5) is 0 Å². The van der Waals surface area contributed by atoms with E-state index in [9.17, 15) is 0 Å². The van der Waals surface area contributed by atoms with Crippen molar-refractivity contribution >= 4 is 51.9 Å². The fraction of sp³-hybridized carbons (Fsp3) is 0.0455. The number of aliphatic imine (C=N–C) groups is 3. The first-order valence-corrected chi connectivity index (χ1v) is 8.96. The predicted octanol–water partition coefficient (Wildman–Crippen LogP) is 5.68. The highest BCUT2D eigenvalue weighted by Gasteiger charge is 2.11. The normalized spacial score (nSPS) is 12.6. The second-order valence-electron chi connectivity index (χ2n) is 5.87. The molecule has 27 heavy (non-hydrogen) atoms. The molecule has 4 aromatic rings. The van der Waals surface area contributed by atoms with Gasteiger partial charge in [0.2, 0.25) is 0 Å². The molecule has 4 rings (SSSR count). The summed E-state index contributed by atoms with van der Waals surface area (Å²) in [6.45, 7) is 3.67. The summed E-state index contributed by atoms with van der Waals surface area (Å²) in [6, 6.07) is 23.6. The van der Waals surface area contributed by atoms with Gasteiger partial charge in [0.25, 0.3) is 0 Å². The first-order chi connectivity index (χ1) is 13.3. The molecule has 5 heteroatoms. The SMILES string of the molecule is C=N/C(=N\C(=N/CCl)c1ccccc1)c1ccc2c(c1)oc1ccccc12. The number of halogens is 1. The fourth-order valence-corrected chi connectivity index (χ4v) is 3.10. The topological polar surface area (TPSA) is 50.2 Å². The van der Waals surface area contributed by atoms with Crippen LogP contribution in [0.1, 0.15) is 11.1 Å². The van der Waals surface area contributed by atoms with Crippen LogP contribution in [-0.4, -0.2) is 24.4 Å². The van der Waals surface area contributed by atoms with Gasteiger partial charge in [0, 0.05) is 21.9 Å². The summed E-state index contributed by atoms with van der Waals surface area (Å²) in [7, 11) is 0. The molecule has 1 heterocycles. The lowest BCUT2D eigenvalue weighted by molar-refractivity contribution is 0.669. The largest absolute Gasteiger partial charge is 0.456 e. The Labute approximate surface area is 161 Å². The Kier molecular flexibility index (Phi) is 4.81. The highest BCUT2D eigenvalue weighted by Crippen LogP contribution is 2.29. The van der Waals surface area contributed by atoms with Crippen LogP contribution in [-0.2, 0) is 0 Å². The van der Waals surface area contributed by atoms with Gasteiger partial charge in [-0.3, -0.25) is 0 Å². The minimum absolute atomic E-state index is 0.112. The van der Waals surface area contributed by atoms with Gasteiger partial charge in [-0.2, -0.15) is 0 Å². The molecule has 3 aromatic carbocycles. The number of amidine groups is 2. The Morgan fingerprint density at radius 1 is 0.815 bits per heavy atom. The van der Waals surface area contributed by atoms with E-state index >= 15 is 0 Å². The Bertz CT molecular complexity index is 1180. The average Bonchev–Trinajstić information content (AvgIpc) is 3.09. The molecule has 0 radical (unpaired) electrons. The first-order valence-electron chi connectivity index (χ1n) is 8.43. The van der Waals surface area contributed by atoms with Crippen LogP contribution in [0.2, 0.25) is 0 Å². The zero-order valence-corrected chi connectivity index (χ0v) is 15.2. The van der Waals surface area contributed by atoms with Crippen molar-refractivity contribution in [2.45, 2.75) is 0 Å². The molecule has 4 nitrogen and oxygen atoms in total. The van der Waals surface area contributed by atoms with E-state index < -0.39 is 0 Å². The van der Waals surface area contributed by atoms with Crippen molar-refractivity contribution < 1.29 is 4.42 Å². The predicted molar refractivity (Wildman–Crippen MR) is 114 cm³/mol. The third kappa shape index (κ3) is 3.39. The Morgan fingerprint density at radius 3 is 2.33 bits per heavy atom. The van der Waals surface area contributed by atoms with E-state index in [0.29, 0.717) is 11.7 Å². The van der Waals surface area contributed by atoms with Gasteiger partial charge in [-0.25, -0.2) is 15.0 Å². The van der Waals surface area contributed by atoms with Crippen molar-refractivity contribution in [3.8, 4) is 0 Å². The zero-order valence-electron chi connectivity index (χ0n) is 14.5. The third-order valence-electron chi connectivity index (χ3n) is 4.24. The number of para-hydroxylation sites is 1. The lowest BCUT2D eigenvalue weighted by Crippen LogP contribution is -2.05. The molecule has 0 saturated carbocycles. The minimum Gasteiger partial charge on any atom is -0.456 e. The second-order valence-corrected chi connectivity index (χ2v) is 6.11. The molecule has 132 valence electrons. The second kappa shape index (κ2) is 7.56. The quantitative estimate of drug-likeness (QED) is 0.197. The van der Waals surface area contributed by atoms with Gasteiger partial charge in [-0.15, -0.1) is 11.6 Å². The summed E-state index contributed by atoms with van der Waals surface area (Å²) >= 11 is 5.82. The van der Waals surface area contributed by atoms with Gasteiger partial charge in [0.05, 0.1) is 0 Å². The maximum Gasteiger partial charge on any atom is 0.161 e. The average molecular weight is 374 g/mol. The molecule has 0 aliphatic rings. The molecular formula is C22H16ClN3O. The zero-order chi connectivity index (χ0) is 18.6. The van der Waals surface area contributed by atoms with E-state index in [0.717, 1.165) is 33.1 Å². The van der Waals surface area contributed by atoms with Gasteiger partial charge in [0.1, 0.15) is 17.2 Å². The van der Waals surface area contributed by atoms with Crippen molar-refractivity contribution in [2.75, 3.05) is 6.00 Å². The molecule has 0 spiro atoms. The summed E-state index contributed by atoms with van der Waals surface area (Å²) in [6.07, 6.45) is 0. The van der Waals surface area contributed by atoms with E-state index in [-0.39, 0.29) is 6.00 Å². The van der Waals surface area contributed by atoms with Crippen LogP contribution >= 0.6 is 11.6 Å². The summed E-state index contributed by atoms with van der Waals surface area (Å²) < 4.78 is 5.96. The van der Waals surface area contributed by atoms with Crippen LogP contribution < -0.4 is 0 Å². The minimum atomic E-state index is 0.112. The van der Waals surface area contributed by atoms with Crippen molar-refractivity contribution in [1.29, 1.82) is 0 Å². The summed E-state index contributed by atoms with van der Waals surface area (Å²) in [5.41, 5.74) is 3.29. The first kappa shape index (κ1) is 17.2.